The fourth-order valence-corrected chi connectivity index (χ4v) is 2.56. The summed E-state index contributed by atoms with van der Waals surface area (Å²) >= 11 is 0. The van der Waals surface area contributed by atoms with Gasteiger partial charge in [0.05, 0.1) is 0 Å². The first-order valence-corrected chi connectivity index (χ1v) is 6.76. The first kappa shape index (κ1) is 12.6. The van der Waals surface area contributed by atoms with Crippen LogP contribution in [-0.4, -0.2) is 24.1 Å². The number of hydrogen-bond donors (Lipinski definition) is 0. The number of rotatable bonds is 2. The van der Waals surface area contributed by atoms with Gasteiger partial charge in [0, 0.05) is 25.7 Å². The van der Waals surface area contributed by atoms with E-state index in [-0.39, 0.29) is 0 Å². The van der Waals surface area contributed by atoms with E-state index in [2.05, 4.69) is 34.2 Å². The highest BCUT2D eigenvalue weighted by Crippen LogP contribution is 2.27. The SMILES string of the molecule is CN(C)c1cc(C#N)nc(-c2ccc3c(c2)CCC3)n1. The lowest BCUT2D eigenvalue weighted by atomic mass is 10.1. The molecule has 0 fully saturated rings. The monoisotopic (exact) mass is 264 g/mol. The van der Waals surface area contributed by atoms with Gasteiger partial charge in [-0.05, 0) is 36.5 Å². The third-order valence-corrected chi connectivity index (χ3v) is 3.64. The Morgan fingerprint density at radius 1 is 1.10 bits per heavy atom. The third kappa shape index (κ3) is 2.23. The molecule has 0 saturated carbocycles. The van der Waals surface area contributed by atoms with Gasteiger partial charge < -0.3 is 4.90 Å². The van der Waals surface area contributed by atoms with Gasteiger partial charge in [-0.1, -0.05) is 12.1 Å². The number of aryl methyl sites for hydroxylation is 2. The molecule has 0 atom stereocenters. The number of nitrogens with zero attached hydrogens (tertiary/aromatic N) is 4. The van der Waals surface area contributed by atoms with Crippen LogP contribution < -0.4 is 4.90 Å². The van der Waals surface area contributed by atoms with Crippen molar-refractivity contribution in [3.8, 4) is 17.5 Å². The normalized spacial score (nSPS) is 12.8. The smallest absolute Gasteiger partial charge is 0.162 e. The first-order chi connectivity index (χ1) is 9.67. The molecule has 4 nitrogen and oxygen atoms in total. The zero-order valence-corrected chi connectivity index (χ0v) is 11.7. The fraction of sp³-hybridized carbons (Fsp3) is 0.312. The quantitative estimate of drug-likeness (QED) is 0.836. The number of hydrogen-bond acceptors (Lipinski definition) is 4. The molecule has 20 heavy (non-hydrogen) atoms. The van der Waals surface area contributed by atoms with Crippen molar-refractivity contribution < 1.29 is 0 Å². The maximum atomic E-state index is 9.11. The third-order valence-electron chi connectivity index (χ3n) is 3.64. The van der Waals surface area contributed by atoms with Crippen LogP contribution in [0.1, 0.15) is 23.2 Å². The van der Waals surface area contributed by atoms with Gasteiger partial charge in [-0.2, -0.15) is 5.26 Å². The molecular weight excluding hydrogens is 248 g/mol. The van der Waals surface area contributed by atoms with Gasteiger partial charge in [-0.3, -0.25) is 0 Å². The van der Waals surface area contributed by atoms with Gasteiger partial charge in [0.2, 0.25) is 0 Å². The standard InChI is InChI=1S/C16H16N4/c1-20(2)15-9-14(10-17)18-16(19-15)13-7-6-11-4-3-5-12(11)8-13/h6-9H,3-5H2,1-2H3. The molecule has 1 aromatic heterocycles. The molecular formula is C16H16N4. The van der Waals surface area contributed by atoms with Gasteiger partial charge in [0.25, 0.3) is 0 Å². The average molecular weight is 264 g/mol. The molecule has 1 aromatic carbocycles. The lowest BCUT2D eigenvalue weighted by Gasteiger charge is -2.13. The van der Waals surface area contributed by atoms with Crippen LogP contribution in [0.4, 0.5) is 5.82 Å². The highest BCUT2D eigenvalue weighted by Gasteiger charge is 2.14. The summed E-state index contributed by atoms with van der Waals surface area (Å²) in [5.74, 6) is 1.38. The van der Waals surface area contributed by atoms with Crippen molar-refractivity contribution in [3.63, 3.8) is 0 Å². The molecule has 0 spiro atoms. The molecule has 0 amide bonds. The number of nitriles is 1. The zero-order valence-electron chi connectivity index (χ0n) is 11.7. The highest BCUT2D eigenvalue weighted by molar-refractivity contribution is 5.61. The summed E-state index contributed by atoms with van der Waals surface area (Å²) in [4.78, 5) is 10.8. The molecule has 100 valence electrons. The molecule has 0 aliphatic heterocycles. The van der Waals surface area contributed by atoms with E-state index in [1.807, 2.05) is 19.0 Å². The molecule has 0 unspecified atom stereocenters. The van der Waals surface area contributed by atoms with Crippen LogP contribution in [0.3, 0.4) is 0 Å². The summed E-state index contributed by atoms with van der Waals surface area (Å²) in [6.07, 6.45) is 3.51. The molecule has 0 radical (unpaired) electrons. The lowest BCUT2D eigenvalue weighted by molar-refractivity contribution is 0.912. The van der Waals surface area contributed by atoms with E-state index in [0.29, 0.717) is 11.5 Å². The van der Waals surface area contributed by atoms with E-state index in [4.69, 9.17) is 5.26 Å². The predicted octanol–water partition coefficient (Wildman–Crippen LogP) is 2.57. The second-order valence-corrected chi connectivity index (χ2v) is 5.28. The molecule has 0 N–H and O–H groups in total. The van der Waals surface area contributed by atoms with Gasteiger partial charge in [0.15, 0.2) is 5.82 Å². The van der Waals surface area contributed by atoms with Crippen molar-refractivity contribution in [2.75, 3.05) is 19.0 Å². The summed E-state index contributed by atoms with van der Waals surface area (Å²) in [6.45, 7) is 0. The Balaban J connectivity index is 2.10. The first-order valence-electron chi connectivity index (χ1n) is 6.76. The van der Waals surface area contributed by atoms with Crippen LogP contribution in [0, 0.1) is 11.3 Å². The van der Waals surface area contributed by atoms with Crippen molar-refractivity contribution in [2.45, 2.75) is 19.3 Å². The van der Waals surface area contributed by atoms with Crippen LogP contribution >= 0.6 is 0 Å². The predicted molar refractivity (Wildman–Crippen MR) is 78.5 cm³/mol. The number of benzene rings is 1. The van der Waals surface area contributed by atoms with Gasteiger partial charge in [-0.25, -0.2) is 9.97 Å². The largest absolute Gasteiger partial charge is 0.363 e. The molecule has 4 heteroatoms. The maximum absolute atomic E-state index is 9.11. The summed E-state index contributed by atoms with van der Waals surface area (Å²) in [7, 11) is 3.83. The number of fused-ring (bicyclic) bond motifs is 1. The summed E-state index contributed by atoms with van der Waals surface area (Å²) in [6, 6.07) is 10.2. The highest BCUT2D eigenvalue weighted by atomic mass is 15.1. The van der Waals surface area contributed by atoms with Crippen molar-refractivity contribution >= 4 is 5.82 Å². The summed E-state index contributed by atoms with van der Waals surface area (Å²) in [5, 5.41) is 9.11. The van der Waals surface area contributed by atoms with Crippen LogP contribution in [0.25, 0.3) is 11.4 Å². The summed E-state index contributed by atoms with van der Waals surface area (Å²) < 4.78 is 0. The van der Waals surface area contributed by atoms with Gasteiger partial charge >= 0.3 is 0 Å². The lowest BCUT2D eigenvalue weighted by Crippen LogP contribution is -2.12. The molecule has 1 aliphatic rings. The van der Waals surface area contributed by atoms with Crippen LogP contribution in [0.2, 0.25) is 0 Å². The second kappa shape index (κ2) is 4.93. The molecule has 0 bridgehead atoms. The fourth-order valence-electron chi connectivity index (χ4n) is 2.56. The van der Waals surface area contributed by atoms with E-state index in [1.165, 1.54) is 17.5 Å². The van der Waals surface area contributed by atoms with Crippen molar-refractivity contribution in [2.24, 2.45) is 0 Å². The average Bonchev–Trinajstić information content (AvgIpc) is 2.94. The van der Waals surface area contributed by atoms with Crippen molar-refractivity contribution in [3.05, 3.63) is 41.1 Å². The van der Waals surface area contributed by atoms with Gasteiger partial charge in [0.1, 0.15) is 17.6 Å². The number of anilines is 1. The molecule has 1 aliphatic carbocycles. The van der Waals surface area contributed by atoms with Crippen molar-refractivity contribution in [1.29, 1.82) is 5.26 Å². The maximum Gasteiger partial charge on any atom is 0.162 e. The molecule has 3 rings (SSSR count). The van der Waals surface area contributed by atoms with Gasteiger partial charge in [-0.15, -0.1) is 0 Å². The minimum absolute atomic E-state index is 0.402. The number of aromatic nitrogens is 2. The zero-order chi connectivity index (χ0) is 14.1. The Morgan fingerprint density at radius 2 is 1.90 bits per heavy atom. The summed E-state index contributed by atoms with van der Waals surface area (Å²) in [5.41, 5.74) is 4.21. The van der Waals surface area contributed by atoms with Crippen LogP contribution in [-0.2, 0) is 12.8 Å². The minimum atomic E-state index is 0.402. The Hall–Kier alpha value is -2.41. The Kier molecular flexibility index (Phi) is 3.11. The van der Waals surface area contributed by atoms with Crippen LogP contribution in [0.15, 0.2) is 24.3 Å². The molecule has 2 aromatic rings. The van der Waals surface area contributed by atoms with Crippen LogP contribution in [0.5, 0.6) is 0 Å². The van der Waals surface area contributed by atoms with E-state index in [0.717, 1.165) is 24.2 Å². The Labute approximate surface area is 118 Å². The molecule has 0 saturated heterocycles. The molecule has 1 heterocycles. The Morgan fingerprint density at radius 3 is 2.65 bits per heavy atom. The van der Waals surface area contributed by atoms with E-state index < -0.39 is 0 Å². The van der Waals surface area contributed by atoms with E-state index in [9.17, 15) is 0 Å². The topological polar surface area (TPSA) is 52.8 Å². The van der Waals surface area contributed by atoms with E-state index in [1.54, 1.807) is 6.07 Å². The minimum Gasteiger partial charge on any atom is -0.363 e. The second-order valence-electron chi connectivity index (χ2n) is 5.28. The van der Waals surface area contributed by atoms with Crippen molar-refractivity contribution in [1.82, 2.24) is 9.97 Å². The Bertz CT molecular complexity index is 698. The van der Waals surface area contributed by atoms with E-state index >= 15 is 0 Å².